The van der Waals surface area contributed by atoms with E-state index in [4.69, 9.17) is 11.6 Å². The zero-order valence-electron chi connectivity index (χ0n) is 8.68. The molecule has 14 heavy (non-hydrogen) atoms. The molecule has 2 heteroatoms. The van der Waals surface area contributed by atoms with Gasteiger partial charge in [0.15, 0.2) is 0 Å². The number of halogens is 1. The van der Waals surface area contributed by atoms with Crippen LogP contribution in [0, 0.1) is 5.92 Å². The van der Waals surface area contributed by atoms with Crippen molar-refractivity contribution in [2.24, 2.45) is 5.92 Å². The van der Waals surface area contributed by atoms with E-state index >= 15 is 0 Å². The topological polar surface area (TPSA) is 12.0 Å². The summed E-state index contributed by atoms with van der Waals surface area (Å²) >= 11 is 6.17. The molecule has 0 amide bonds. The lowest BCUT2D eigenvalue weighted by atomic mass is 9.83. The molecule has 0 aromatic heterocycles. The van der Waals surface area contributed by atoms with Crippen molar-refractivity contribution in [1.82, 2.24) is 5.32 Å². The van der Waals surface area contributed by atoms with Crippen molar-refractivity contribution in [2.45, 2.75) is 26.3 Å². The minimum absolute atomic E-state index is 0.609. The first-order valence-corrected chi connectivity index (χ1v) is 5.56. The molecule has 1 atom stereocenters. The molecule has 1 nitrogen and oxygen atoms in total. The Morgan fingerprint density at radius 1 is 1.43 bits per heavy atom. The third-order valence-corrected chi connectivity index (χ3v) is 3.38. The van der Waals surface area contributed by atoms with Crippen LogP contribution in [0.3, 0.4) is 0 Å². The molecule has 0 saturated heterocycles. The number of fused-ring (bicyclic) bond motifs is 1. The number of nitrogens with one attached hydrogen (secondary N) is 1. The van der Waals surface area contributed by atoms with Crippen molar-refractivity contribution in [1.29, 1.82) is 0 Å². The van der Waals surface area contributed by atoms with Gasteiger partial charge in [-0.15, -0.1) is 0 Å². The predicted octanol–water partition coefficient (Wildman–Crippen LogP) is 3.18. The second kappa shape index (κ2) is 3.92. The number of benzene rings is 1. The van der Waals surface area contributed by atoms with Crippen LogP contribution in [0.4, 0.5) is 0 Å². The lowest BCUT2D eigenvalue weighted by Gasteiger charge is -2.29. The van der Waals surface area contributed by atoms with Gasteiger partial charge in [0.05, 0.1) is 0 Å². The zero-order chi connectivity index (χ0) is 10.1. The molecule has 2 rings (SSSR count). The van der Waals surface area contributed by atoms with Crippen LogP contribution in [0.5, 0.6) is 0 Å². The van der Waals surface area contributed by atoms with Crippen molar-refractivity contribution in [2.75, 3.05) is 6.54 Å². The number of hydrogen-bond acceptors (Lipinski definition) is 1. The summed E-state index contributed by atoms with van der Waals surface area (Å²) in [6.07, 6.45) is 0. The van der Waals surface area contributed by atoms with Crippen molar-refractivity contribution in [3.63, 3.8) is 0 Å². The van der Waals surface area contributed by atoms with E-state index in [1.165, 1.54) is 11.1 Å². The van der Waals surface area contributed by atoms with E-state index in [1.807, 2.05) is 6.07 Å². The van der Waals surface area contributed by atoms with Gasteiger partial charge in [-0.05, 0) is 29.0 Å². The standard InChI is InChI=1S/C12H16ClN/c1-8(2)10-6-14-7-11-9(10)4-3-5-12(11)13/h3-5,8,10,14H,6-7H2,1-2H3. The third-order valence-electron chi connectivity index (χ3n) is 3.03. The highest BCUT2D eigenvalue weighted by Crippen LogP contribution is 2.33. The third kappa shape index (κ3) is 1.67. The van der Waals surface area contributed by atoms with E-state index < -0.39 is 0 Å². The van der Waals surface area contributed by atoms with Crippen LogP contribution >= 0.6 is 11.6 Å². The highest BCUT2D eigenvalue weighted by Gasteiger charge is 2.23. The second-order valence-electron chi connectivity index (χ2n) is 4.29. The van der Waals surface area contributed by atoms with Crippen molar-refractivity contribution < 1.29 is 0 Å². The summed E-state index contributed by atoms with van der Waals surface area (Å²) in [6.45, 7) is 6.52. The summed E-state index contributed by atoms with van der Waals surface area (Å²) in [4.78, 5) is 0. The van der Waals surface area contributed by atoms with Gasteiger partial charge in [-0.1, -0.05) is 37.6 Å². The fourth-order valence-corrected chi connectivity index (χ4v) is 2.42. The van der Waals surface area contributed by atoms with Crippen LogP contribution in [0.15, 0.2) is 18.2 Å². The fraction of sp³-hybridized carbons (Fsp3) is 0.500. The number of rotatable bonds is 1. The Balaban J connectivity index is 2.44. The molecule has 0 fully saturated rings. The van der Waals surface area contributed by atoms with Crippen LogP contribution in [0.25, 0.3) is 0 Å². The minimum atomic E-state index is 0.609. The second-order valence-corrected chi connectivity index (χ2v) is 4.70. The van der Waals surface area contributed by atoms with Crippen LogP contribution < -0.4 is 5.32 Å². The van der Waals surface area contributed by atoms with E-state index in [1.54, 1.807) is 0 Å². The molecule has 0 bridgehead atoms. The molecule has 76 valence electrons. The molecule has 1 aliphatic rings. The SMILES string of the molecule is CC(C)C1CNCc2c(Cl)cccc21. The lowest BCUT2D eigenvalue weighted by molar-refractivity contribution is 0.436. The summed E-state index contributed by atoms with van der Waals surface area (Å²) in [5, 5.41) is 4.33. The van der Waals surface area contributed by atoms with Gasteiger partial charge in [0, 0.05) is 18.1 Å². The fourth-order valence-electron chi connectivity index (χ4n) is 2.17. The Kier molecular flexibility index (Phi) is 2.80. The maximum absolute atomic E-state index is 6.17. The summed E-state index contributed by atoms with van der Waals surface area (Å²) in [5.41, 5.74) is 2.73. The van der Waals surface area contributed by atoms with Gasteiger partial charge in [0.25, 0.3) is 0 Å². The predicted molar refractivity (Wildman–Crippen MR) is 60.7 cm³/mol. The Morgan fingerprint density at radius 2 is 2.21 bits per heavy atom. The van der Waals surface area contributed by atoms with E-state index in [2.05, 4.69) is 31.3 Å². The molecule has 1 N–H and O–H groups in total. The summed E-state index contributed by atoms with van der Waals surface area (Å²) < 4.78 is 0. The molecule has 1 aromatic rings. The molecule has 0 saturated carbocycles. The average molecular weight is 210 g/mol. The summed E-state index contributed by atoms with van der Waals surface area (Å²) in [7, 11) is 0. The maximum Gasteiger partial charge on any atom is 0.0453 e. The van der Waals surface area contributed by atoms with E-state index in [0.717, 1.165) is 18.1 Å². The van der Waals surface area contributed by atoms with E-state index in [0.29, 0.717) is 11.8 Å². The quantitative estimate of drug-likeness (QED) is 0.749. The summed E-state index contributed by atoms with van der Waals surface area (Å²) in [5.74, 6) is 1.28. The lowest BCUT2D eigenvalue weighted by Crippen LogP contribution is -2.31. The van der Waals surface area contributed by atoms with Crippen molar-refractivity contribution in [3.8, 4) is 0 Å². The molecular formula is C12H16ClN. The average Bonchev–Trinajstić information content (AvgIpc) is 2.17. The van der Waals surface area contributed by atoms with Crippen molar-refractivity contribution >= 4 is 11.6 Å². The molecular weight excluding hydrogens is 194 g/mol. The molecule has 1 unspecified atom stereocenters. The van der Waals surface area contributed by atoms with Gasteiger partial charge in [-0.2, -0.15) is 0 Å². The zero-order valence-corrected chi connectivity index (χ0v) is 9.43. The van der Waals surface area contributed by atoms with Crippen LogP contribution in [0.1, 0.15) is 30.9 Å². The number of hydrogen-bond donors (Lipinski definition) is 1. The van der Waals surface area contributed by atoms with Gasteiger partial charge >= 0.3 is 0 Å². The minimum Gasteiger partial charge on any atom is -0.312 e. The molecule has 1 heterocycles. The van der Waals surface area contributed by atoms with Gasteiger partial charge in [0.1, 0.15) is 0 Å². The van der Waals surface area contributed by atoms with E-state index in [9.17, 15) is 0 Å². The molecule has 0 spiro atoms. The Morgan fingerprint density at radius 3 is 2.93 bits per heavy atom. The first kappa shape index (κ1) is 10.0. The van der Waals surface area contributed by atoms with E-state index in [-0.39, 0.29) is 0 Å². The van der Waals surface area contributed by atoms with Crippen molar-refractivity contribution in [3.05, 3.63) is 34.3 Å². The molecule has 0 radical (unpaired) electrons. The van der Waals surface area contributed by atoms with Crippen LogP contribution in [0.2, 0.25) is 5.02 Å². The van der Waals surface area contributed by atoms with Gasteiger partial charge < -0.3 is 5.32 Å². The smallest absolute Gasteiger partial charge is 0.0453 e. The summed E-state index contributed by atoms with van der Waals surface area (Å²) in [6, 6.07) is 6.25. The Bertz CT molecular complexity index is 333. The molecule has 1 aromatic carbocycles. The van der Waals surface area contributed by atoms with Gasteiger partial charge in [-0.25, -0.2) is 0 Å². The highest BCUT2D eigenvalue weighted by atomic mass is 35.5. The monoisotopic (exact) mass is 209 g/mol. The molecule has 0 aliphatic carbocycles. The van der Waals surface area contributed by atoms with Crippen LogP contribution in [-0.4, -0.2) is 6.54 Å². The van der Waals surface area contributed by atoms with Gasteiger partial charge in [-0.3, -0.25) is 0 Å². The largest absolute Gasteiger partial charge is 0.312 e. The normalized spacial score (nSPS) is 21.0. The maximum atomic E-state index is 6.17. The first-order valence-electron chi connectivity index (χ1n) is 5.18. The Hall–Kier alpha value is -0.530. The first-order chi connectivity index (χ1) is 6.70. The van der Waals surface area contributed by atoms with Crippen LogP contribution in [-0.2, 0) is 6.54 Å². The van der Waals surface area contributed by atoms with Gasteiger partial charge in [0.2, 0.25) is 0 Å². The highest BCUT2D eigenvalue weighted by molar-refractivity contribution is 6.31. The Labute approximate surface area is 90.5 Å². The molecule has 1 aliphatic heterocycles.